The van der Waals surface area contributed by atoms with Crippen molar-refractivity contribution in [3.63, 3.8) is 0 Å². The Labute approximate surface area is 142 Å². The number of aryl methyl sites for hydroxylation is 1. The highest BCUT2D eigenvalue weighted by Gasteiger charge is 2.30. The molecule has 24 heavy (non-hydrogen) atoms. The van der Waals surface area contributed by atoms with Gasteiger partial charge in [0.15, 0.2) is 0 Å². The number of carbonyl (C=O) groups excluding carboxylic acids is 1. The van der Waals surface area contributed by atoms with Crippen LogP contribution in [0, 0.1) is 6.92 Å². The number of morpholine rings is 1. The zero-order chi connectivity index (χ0) is 16.7. The number of para-hydroxylation sites is 1. The average Bonchev–Trinajstić information content (AvgIpc) is 3.00. The minimum atomic E-state index is -0.0672. The van der Waals surface area contributed by atoms with Gasteiger partial charge >= 0.3 is 0 Å². The molecule has 0 saturated carbocycles. The van der Waals surface area contributed by atoms with Crippen LogP contribution in [0.2, 0.25) is 0 Å². The molecular formula is C19H25N3O2. The lowest BCUT2D eigenvalue weighted by Crippen LogP contribution is -2.51. The van der Waals surface area contributed by atoms with Crippen molar-refractivity contribution in [2.24, 2.45) is 0 Å². The first-order valence-electron chi connectivity index (χ1n) is 8.85. The lowest BCUT2D eigenvalue weighted by molar-refractivity contribution is -0.139. The first-order chi connectivity index (χ1) is 11.6. The molecule has 5 heteroatoms. The van der Waals surface area contributed by atoms with E-state index in [-0.39, 0.29) is 11.9 Å². The van der Waals surface area contributed by atoms with E-state index in [0.717, 1.165) is 39.3 Å². The molecule has 1 atom stereocenters. The van der Waals surface area contributed by atoms with Crippen molar-refractivity contribution in [2.45, 2.75) is 32.9 Å². The van der Waals surface area contributed by atoms with Gasteiger partial charge in [0.05, 0.1) is 19.3 Å². The van der Waals surface area contributed by atoms with Crippen molar-refractivity contribution in [3.05, 3.63) is 35.0 Å². The van der Waals surface area contributed by atoms with Crippen molar-refractivity contribution >= 4 is 16.8 Å². The summed E-state index contributed by atoms with van der Waals surface area (Å²) in [5.74, 6) is 0.240. The summed E-state index contributed by atoms with van der Waals surface area (Å²) >= 11 is 0. The van der Waals surface area contributed by atoms with Gasteiger partial charge in [0, 0.05) is 54.8 Å². The third kappa shape index (κ3) is 2.62. The minimum absolute atomic E-state index is 0.0672. The molecular weight excluding hydrogens is 302 g/mol. The Morgan fingerprint density at radius 3 is 2.83 bits per heavy atom. The van der Waals surface area contributed by atoms with E-state index in [0.29, 0.717) is 6.54 Å². The molecule has 1 aromatic carbocycles. The summed E-state index contributed by atoms with van der Waals surface area (Å²) in [6.07, 6.45) is 0.908. The Morgan fingerprint density at radius 2 is 2.04 bits per heavy atom. The number of rotatable bonds is 2. The number of ether oxygens (including phenoxy) is 1. The maximum absolute atomic E-state index is 13.0. The zero-order valence-electron chi connectivity index (χ0n) is 14.5. The zero-order valence-corrected chi connectivity index (χ0v) is 14.5. The second-order valence-electron chi connectivity index (χ2n) is 6.91. The number of aromatic nitrogens is 1. The molecule has 4 rings (SSSR count). The van der Waals surface area contributed by atoms with E-state index in [9.17, 15) is 4.79 Å². The van der Waals surface area contributed by atoms with Crippen molar-refractivity contribution in [3.8, 4) is 0 Å². The summed E-state index contributed by atoms with van der Waals surface area (Å²) in [5, 5.41) is 1.27. The number of hydrogen-bond donors (Lipinski definition) is 1. The summed E-state index contributed by atoms with van der Waals surface area (Å²) in [6.45, 7) is 8.82. The summed E-state index contributed by atoms with van der Waals surface area (Å²) < 4.78 is 5.40. The van der Waals surface area contributed by atoms with Crippen LogP contribution in [0.25, 0.3) is 10.9 Å². The summed E-state index contributed by atoms with van der Waals surface area (Å²) in [4.78, 5) is 20.8. The lowest BCUT2D eigenvalue weighted by Gasteiger charge is -2.36. The third-order valence-electron chi connectivity index (χ3n) is 5.48. The van der Waals surface area contributed by atoms with Crippen molar-refractivity contribution in [2.75, 3.05) is 32.8 Å². The van der Waals surface area contributed by atoms with Crippen molar-refractivity contribution < 1.29 is 9.53 Å². The monoisotopic (exact) mass is 327 g/mol. The number of amides is 1. The standard InChI is InChI=1S/C19H25N3O2/c1-13-4-3-5-15-16-12-22(7-6-17(16)20-18(13)15)19(23)14(2)21-8-10-24-11-9-21/h3-5,14,20H,6-12H2,1-2H3. The van der Waals surface area contributed by atoms with E-state index in [1.807, 2.05) is 11.8 Å². The first-order valence-corrected chi connectivity index (χ1v) is 8.85. The number of fused-ring (bicyclic) bond motifs is 3. The molecule has 0 aliphatic carbocycles. The molecule has 1 fully saturated rings. The van der Waals surface area contributed by atoms with Gasteiger partial charge in [0.25, 0.3) is 0 Å². The molecule has 1 aromatic heterocycles. The van der Waals surface area contributed by atoms with Crippen LogP contribution in [0.3, 0.4) is 0 Å². The molecule has 128 valence electrons. The van der Waals surface area contributed by atoms with Gasteiger partial charge in [-0.3, -0.25) is 9.69 Å². The summed E-state index contributed by atoms with van der Waals surface area (Å²) in [6, 6.07) is 6.33. The summed E-state index contributed by atoms with van der Waals surface area (Å²) in [5.41, 5.74) is 5.07. The van der Waals surface area contributed by atoms with Crippen LogP contribution in [0.15, 0.2) is 18.2 Å². The molecule has 0 spiro atoms. The molecule has 0 bridgehead atoms. The molecule has 1 saturated heterocycles. The van der Waals surface area contributed by atoms with Gasteiger partial charge in [-0.25, -0.2) is 0 Å². The molecule has 2 aliphatic rings. The van der Waals surface area contributed by atoms with Crippen LogP contribution in [-0.2, 0) is 22.5 Å². The molecule has 2 aliphatic heterocycles. The minimum Gasteiger partial charge on any atom is -0.379 e. The Kier molecular flexibility index (Phi) is 4.06. The first kappa shape index (κ1) is 15.7. The van der Waals surface area contributed by atoms with Crippen LogP contribution in [0.4, 0.5) is 0 Å². The van der Waals surface area contributed by atoms with E-state index in [1.165, 1.54) is 27.7 Å². The maximum Gasteiger partial charge on any atom is 0.239 e. The van der Waals surface area contributed by atoms with Gasteiger partial charge in [-0.05, 0) is 19.4 Å². The highest BCUT2D eigenvalue weighted by Crippen LogP contribution is 2.29. The molecule has 0 radical (unpaired) electrons. The number of H-pyrrole nitrogens is 1. The van der Waals surface area contributed by atoms with Crippen LogP contribution >= 0.6 is 0 Å². The van der Waals surface area contributed by atoms with Gasteiger partial charge in [0.2, 0.25) is 5.91 Å². The fourth-order valence-electron chi connectivity index (χ4n) is 3.96. The van der Waals surface area contributed by atoms with Crippen LogP contribution in [0.1, 0.15) is 23.7 Å². The molecule has 5 nitrogen and oxygen atoms in total. The topological polar surface area (TPSA) is 48.6 Å². The predicted octanol–water partition coefficient (Wildman–Crippen LogP) is 2.08. The van der Waals surface area contributed by atoms with Gasteiger partial charge in [-0.1, -0.05) is 18.2 Å². The van der Waals surface area contributed by atoms with E-state index in [4.69, 9.17) is 4.74 Å². The lowest BCUT2D eigenvalue weighted by atomic mass is 10.0. The van der Waals surface area contributed by atoms with Crippen LogP contribution < -0.4 is 0 Å². The van der Waals surface area contributed by atoms with E-state index >= 15 is 0 Å². The number of nitrogens with zero attached hydrogens (tertiary/aromatic N) is 2. The number of nitrogens with one attached hydrogen (secondary N) is 1. The van der Waals surface area contributed by atoms with Gasteiger partial charge < -0.3 is 14.6 Å². The summed E-state index contributed by atoms with van der Waals surface area (Å²) in [7, 11) is 0. The number of aromatic amines is 1. The number of carbonyl (C=O) groups is 1. The highest BCUT2D eigenvalue weighted by atomic mass is 16.5. The second-order valence-corrected chi connectivity index (χ2v) is 6.91. The van der Waals surface area contributed by atoms with E-state index < -0.39 is 0 Å². The molecule has 1 N–H and O–H groups in total. The fourth-order valence-corrected chi connectivity index (χ4v) is 3.96. The largest absolute Gasteiger partial charge is 0.379 e. The normalized spacial score (nSPS) is 20.2. The number of benzene rings is 1. The Morgan fingerprint density at radius 1 is 1.25 bits per heavy atom. The van der Waals surface area contributed by atoms with E-state index in [1.54, 1.807) is 0 Å². The Hall–Kier alpha value is -1.85. The molecule has 1 unspecified atom stereocenters. The molecule has 2 aromatic rings. The fraction of sp³-hybridized carbons (Fsp3) is 0.526. The smallest absolute Gasteiger partial charge is 0.239 e. The quantitative estimate of drug-likeness (QED) is 0.919. The molecule has 1 amide bonds. The maximum atomic E-state index is 13.0. The highest BCUT2D eigenvalue weighted by molar-refractivity contribution is 5.89. The van der Waals surface area contributed by atoms with E-state index in [2.05, 4.69) is 35.0 Å². The van der Waals surface area contributed by atoms with Crippen LogP contribution in [-0.4, -0.2) is 59.6 Å². The van der Waals surface area contributed by atoms with Gasteiger partial charge in [0.1, 0.15) is 0 Å². The van der Waals surface area contributed by atoms with Crippen LogP contribution in [0.5, 0.6) is 0 Å². The van der Waals surface area contributed by atoms with Gasteiger partial charge in [-0.2, -0.15) is 0 Å². The Balaban J connectivity index is 1.56. The third-order valence-corrected chi connectivity index (χ3v) is 5.48. The Bertz CT molecular complexity index is 761. The molecule has 3 heterocycles. The van der Waals surface area contributed by atoms with Crippen molar-refractivity contribution in [1.82, 2.24) is 14.8 Å². The average molecular weight is 327 g/mol. The van der Waals surface area contributed by atoms with Crippen molar-refractivity contribution in [1.29, 1.82) is 0 Å². The predicted molar refractivity (Wildman–Crippen MR) is 94.0 cm³/mol. The number of hydrogen-bond acceptors (Lipinski definition) is 3. The second kappa shape index (κ2) is 6.22. The van der Waals surface area contributed by atoms with Gasteiger partial charge in [-0.15, -0.1) is 0 Å². The SMILES string of the molecule is Cc1cccc2c3c([nH]c12)CCN(C(=O)C(C)N1CCOCC1)C3.